The van der Waals surface area contributed by atoms with Crippen LogP contribution in [0.15, 0.2) is 35.7 Å². The van der Waals surface area contributed by atoms with E-state index in [0.29, 0.717) is 24.1 Å². The fourth-order valence-corrected chi connectivity index (χ4v) is 2.55. The number of aryl methyl sites for hydroxylation is 2. The van der Waals surface area contributed by atoms with Crippen molar-refractivity contribution in [3.8, 4) is 0 Å². The van der Waals surface area contributed by atoms with Gasteiger partial charge in [-0.1, -0.05) is 12.1 Å². The third-order valence-electron chi connectivity index (χ3n) is 2.93. The average molecular weight is 289 g/mol. The molecule has 20 heavy (non-hydrogen) atoms. The lowest BCUT2D eigenvalue weighted by atomic mass is 10.1. The fourth-order valence-electron chi connectivity index (χ4n) is 1.85. The maximum atomic E-state index is 11.8. The smallest absolute Gasteiger partial charge is 0.336 e. The molecule has 0 fully saturated rings. The molecule has 1 aromatic heterocycles. The molecule has 1 heterocycles. The van der Waals surface area contributed by atoms with Crippen LogP contribution in [-0.4, -0.2) is 17.0 Å². The topological polar surface area (TPSA) is 66.4 Å². The van der Waals surface area contributed by atoms with Crippen LogP contribution in [0.25, 0.3) is 0 Å². The van der Waals surface area contributed by atoms with E-state index in [1.54, 1.807) is 30.4 Å². The van der Waals surface area contributed by atoms with E-state index in [9.17, 15) is 9.59 Å². The molecule has 2 aromatic rings. The van der Waals surface area contributed by atoms with Crippen molar-refractivity contribution < 1.29 is 14.7 Å². The van der Waals surface area contributed by atoms with Gasteiger partial charge in [-0.25, -0.2) is 4.79 Å². The Balaban J connectivity index is 1.97. The molecule has 0 unspecified atom stereocenters. The molecule has 1 amide bonds. The Hall–Kier alpha value is -2.14. The minimum Gasteiger partial charge on any atom is -0.478 e. The highest BCUT2D eigenvalue weighted by molar-refractivity contribution is 7.09. The highest BCUT2D eigenvalue weighted by atomic mass is 32.1. The van der Waals surface area contributed by atoms with Gasteiger partial charge in [0.1, 0.15) is 0 Å². The molecule has 0 saturated carbocycles. The molecule has 0 aliphatic rings. The zero-order valence-electron chi connectivity index (χ0n) is 11.1. The summed E-state index contributed by atoms with van der Waals surface area (Å²) in [5, 5.41) is 13.7. The summed E-state index contributed by atoms with van der Waals surface area (Å²) < 4.78 is 0. The predicted octanol–water partition coefficient (Wildman–Crippen LogP) is 3.33. The quantitative estimate of drug-likeness (QED) is 0.887. The van der Waals surface area contributed by atoms with E-state index in [1.807, 2.05) is 17.5 Å². The number of rotatable bonds is 5. The number of hydrogen-bond acceptors (Lipinski definition) is 3. The van der Waals surface area contributed by atoms with Crippen molar-refractivity contribution in [2.24, 2.45) is 0 Å². The maximum absolute atomic E-state index is 11.8. The van der Waals surface area contributed by atoms with Crippen LogP contribution in [0, 0.1) is 6.92 Å². The van der Waals surface area contributed by atoms with Crippen LogP contribution in [-0.2, 0) is 11.2 Å². The molecule has 0 aliphatic carbocycles. The highest BCUT2D eigenvalue weighted by Crippen LogP contribution is 2.16. The number of hydrogen-bond donors (Lipinski definition) is 2. The SMILES string of the molecule is Cc1ccc(NC(=O)CCc2cccs2)cc1C(=O)O. The second-order valence-electron chi connectivity index (χ2n) is 4.46. The molecule has 0 atom stereocenters. The van der Waals surface area contributed by atoms with Crippen molar-refractivity contribution in [2.45, 2.75) is 19.8 Å². The highest BCUT2D eigenvalue weighted by Gasteiger charge is 2.09. The third kappa shape index (κ3) is 3.68. The van der Waals surface area contributed by atoms with Crippen molar-refractivity contribution in [2.75, 3.05) is 5.32 Å². The van der Waals surface area contributed by atoms with Crippen molar-refractivity contribution >= 4 is 28.9 Å². The second kappa shape index (κ2) is 6.34. The van der Waals surface area contributed by atoms with E-state index < -0.39 is 5.97 Å². The molecular formula is C15H15NO3S. The molecule has 0 saturated heterocycles. The van der Waals surface area contributed by atoms with Crippen molar-refractivity contribution in [1.29, 1.82) is 0 Å². The van der Waals surface area contributed by atoms with Crippen LogP contribution < -0.4 is 5.32 Å². The van der Waals surface area contributed by atoms with E-state index >= 15 is 0 Å². The molecular weight excluding hydrogens is 274 g/mol. The van der Waals surface area contributed by atoms with Crippen LogP contribution in [0.4, 0.5) is 5.69 Å². The summed E-state index contributed by atoms with van der Waals surface area (Å²) in [6, 6.07) is 8.84. The van der Waals surface area contributed by atoms with Crippen molar-refractivity contribution in [3.05, 3.63) is 51.7 Å². The zero-order chi connectivity index (χ0) is 14.5. The standard InChI is InChI=1S/C15H15NO3S/c1-10-4-5-11(9-13(10)15(18)19)16-14(17)7-6-12-3-2-8-20-12/h2-5,8-9H,6-7H2,1H3,(H,16,17)(H,18,19). The number of carboxylic acids is 1. The molecule has 1 aromatic carbocycles. The lowest BCUT2D eigenvalue weighted by Crippen LogP contribution is -2.13. The van der Waals surface area contributed by atoms with Gasteiger partial charge in [-0.05, 0) is 42.5 Å². The number of aromatic carboxylic acids is 1. The van der Waals surface area contributed by atoms with Gasteiger partial charge in [-0.3, -0.25) is 4.79 Å². The van der Waals surface area contributed by atoms with Crippen LogP contribution >= 0.6 is 11.3 Å². The Morgan fingerprint density at radius 1 is 1.30 bits per heavy atom. The number of benzene rings is 1. The second-order valence-corrected chi connectivity index (χ2v) is 5.49. The Morgan fingerprint density at radius 3 is 2.75 bits per heavy atom. The molecule has 0 spiro atoms. The van der Waals surface area contributed by atoms with Crippen LogP contribution in [0.1, 0.15) is 27.2 Å². The van der Waals surface area contributed by atoms with Gasteiger partial charge in [0.15, 0.2) is 0 Å². The van der Waals surface area contributed by atoms with Gasteiger partial charge in [0.25, 0.3) is 0 Å². The first-order valence-corrected chi connectivity index (χ1v) is 7.10. The molecule has 5 heteroatoms. The monoisotopic (exact) mass is 289 g/mol. The largest absolute Gasteiger partial charge is 0.478 e. The minimum atomic E-state index is -0.989. The Morgan fingerprint density at radius 2 is 2.10 bits per heavy atom. The Bertz CT molecular complexity index is 620. The molecule has 104 valence electrons. The summed E-state index contributed by atoms with van der Waals surface area (Å²) in [7, 11) is 0. The molecule has 0 radical (unpaired) electrons. The Kier molecular flexibility index (Phi) is 4.53. The van der Waals surface area contributed by atoms with Gasteiger partial charge in [-0.2, -0.15) is 0 Å². The van der Waals surface area contributed by atoms with E-state index in [4.69, 9.17) is 5.11 Å². The first-order valence-electron chi connectivity index (χ1n) is 6.22. The first-order chi connectivity index (χ1) is 9.56. The van der Waals surface area contributed by atoms with Gasteiger partial charge in [0, 0.05) is 17.0 Å². The van der Waals surface area contributed by atoms with Gasteiger partial charge < -0.3 is 10.4 Å². The van der Waals surface area contributed by atoms with Gasteiger partial charge >= 0.3 is 5.97 Å². The summed E-state index contributed by atoms with van der Waals surface area (Å²) in [5.74, 6) is -1.10. The van der Waals surface area contributed by atoms with E-state index in [1.165, 1.54) is 6.07 Å². The summed E-state index contributed by atoms with van der Waals surface area (Å²) >= 11 is 1.62. The van der Waals surface area contributed by atoms with E-state index in [0.717, 1.165) is 4.88 Å². The van der Waals surface area contributed by atoms with Gasteiger partial charge in [-0.15, -0.1) is 11.3 Å². The van der Waals surface area contributed by atoms with E-state index in [-0.39, 0.29) is 11.5 Å². The first kappa shape index (κ1) is 14.3. The minimum absolute atomic E-state index is 0.112. The lowest BCUT2D eigenvalue weighted by Gasteiger charge is -2.07. The third-order valence-corrected chi connectivity index (χ3v) is 3.87. The number of amides is 1. The fraction of sp³-hybridized carbons (Fsp3) is 0.200. The number of nitrogens with one attached hydrogen (secondary N) is 1. The number of anilines is 1. The molecule has 4 nitrogen and oxygen atoms in total. The molecule has 2 rings (SSSR count). The summed E-state index contributed by atoms with van der Waals surface area (Å²) in [4.78, 5) is 24.0. The molecule has 2 N–H and O–H groups in total. The lowest BCUT2D eigenvalue weighted by molar-refractivity contribution is -0.116. The number of carboxylic acid groups (broad SMARTS) is 1. The van der Waals surface area contributed by atoms with Crippen LogP contribution in [0.2, 0.25) is 0 Å². The normalized spacial score (nSPS) is 10.2. The summed E-state index contributed by atoms with van der Waals surface area (Å²) in [5.41, 5.74) is 1.40. The maximum Gasteiger partial charge on any atom is 0.336 e. The van der Waals surface area contributed by atoms with Gasteiger partial charge in [0.2, 0.25) is 5.91 Å². The number of carbonyl (C=O) groups is 2. The Labute approximate surface area is 121 Å². The molecule has 0 aliphatic heterocycles. The van der Waals surface area contributed by atoms with E-state index in [2.05, 4.69) is 5.32 Å². The molecule has 0 bridgehead atoms. The van der Waals surface area contributed by atoms with Crippen molar-refractivity contribution in [1.82, 2.24) is 0 Å². The average Bonchev–Trinajstić information content (AvgIpc) is 2.91. The van der Waals surface area contributed by atoms with Crippen LogP contribution in [0.3, 0.4) is 0 Å². The summed E-state index contributed by atoms with van der Waals surface area (Å²) in [6.45, 7) is 1.73. The zero-order valence-corrected chi connectivity index (χ0v) is 11.9. The number of thiophene rings is 1. The number of carbonyl (C=O) groups excluding carboxylic acids is 1. The summed E-state index contributed by atoms with van der Waals surface area (Å²) in [6.07, 6.45) is 1.08. The van der Waals surface area contributed by atoms with Crippen LogP contribution in [0.5, 0.6) is 0 Å². The predicted molar refractivity (Wildman–Crippen MR) is 79.4 cm³/mol. The van der Waals surface area contributed by atoms with Gasteiger partial charge in [0.05, 0.1) is 5.56 Å². The van der Waals surface area contributed by atoms with Crippen molar-refractivity contribution in [3.63, 3.8) is 0 Å².